The van der Waals surface area contributed by atoms with Gasteiger partial charge in [-0.05, 0) is 42.4 Å². The molecule has 0 spiro atoms. The molecule has 12 nitrogen and oxygen atoms in total. The minimum Gasteiger partial charge on any atom is -0.408 e. The van der Waals surface area contributed by atoms with Crippen molar-refractivity contribution in [3.05, 3.63) is 75.4 Å². The lowest BCUT2D eigenvalue weighted by molar-refractivity contribution is -0.117. The predicted molar refractivity (Wildman–Crippen MR) is 142 cm³/mol. The number of fused-ring (bicyclic) bond motifs is 2. The van der Waals surface area contributed by atoms with Crippen molar-refractivity contribution in [1.29, 1.82) is 0 Å². The molecule has 3 heterocycles. The monoisotopic (exact) mass is 549 g/mol. The van der Waals surface area contributed by atoms with Crippen molar-refractivity contribution >= 4 is 34.5 Å². The van der Waals surface area contributed by atoms with Crippen molar-refractivity contribution in [2.24, 2.45) is 12.5 Å². The first-order chi connectivity index (χ1) is 19.1. The van der Waals surface area contributed by atoms with Gasteiger partial charge in [0.25, 0.3) is 11.8 Å². The lowest BCUT2D eigenvalue weighted by Crippen LogP contribution is -2.38. The summed E-state index contributed by atoms with van der Waals surface area (Å²) in [7, 11) is 3.17. The van der Waals surface area contributed by atoms with Crippen LogP contribution in [-0.2, 0) is 18.4 Å². The van der Waals surface area contributed by atoms with E-state index in [0.29, 0.717) is 42.5 Å². The predicted octanol–water partition coefficient (Wildman–Crippen LogP) is 1.84. The van der Waals surface area contributed by atoms with Gasteiger partial charge in [0.15, 0.2) is 17.0 Å². The van der Waals surface area contributed by atoms with Crippen LogP contribution in [-0.4, -0.2) is 50.5 Å². The van der Waals surface area contributed by atoms with Crippen molar-refractivity contribution in [3.8, 4) is 0 Å². The number of carbonyl (C=O) groups is 3. The Morgan fingerprint density at radius 2 is 1.95 bits per heavy atom. The maximum atomic E-state index is 14.5. The zero-order chi connectivity index (χ0) is 28.6. The standard InChI is InChI=1S/C27H28FN7O5/c1-27(8-6-16(7-9-27)23(36)29-2)14-31-25(38)20-11-18(33-22-17(28)13-32-35(20)22)24(37)30-12-15-4-5-21-19(10-15)34(3)26(39)40-21/h4-6,10-11,13H,7-9,12,14H2,1-3H3,(H,29,36)(H,30,37)(H,31,38). The third-order valence-electron chi connectivity index (χ3n) is 7.24. The molecule has 1 unspecified atom stereocenters. The van der Waals surface area contributed by atoms with Crippen molar-refractivity contribution in [2.45, 2.75) is 32.7 Å². The molecule has 4 aromatic rings. The second-order valence-corrected chi connectivity index (χ2v) is 10.2. The van der Waals surface area contributed by atoms with Gasteiger partial charge in [-0.15, -0.1) is 0 Å². The van der Waals surface area contributed by atoms with Crippen LogP contribution in [0.2, 0.25) is 0 Å². The normalized spacial score (nSPS) is 17.1. The minimum atomic E-state index is -0.777. The highest BCUT2D eigenvalue weighted by molar-refractivity contribution is 5.98. The van der Waals surface area contributed by atoms with Gasteiger partial charge in [-0.3, -0.25) is 19.0 Å². The number of halogens is 1. The number of carbonyl (C=O) groups excluding carboxylic acids is 3. The summed E-state index contributed by atoms with van der Waals surface area (Å²) in [6, 6.07) is 6.32. The van der Waals surface area contributed by atoms with E-state index in [1.807, 2.05) is 13.0 Å². The number of aryl methyl sites for hydroxylation is 1. The number of benzene rings is 1. The topological polar surface area (TPSA) is 153 Å². The van der Waals surface area contributed by atoms with E-state index in [1.165, 1.54) is 10.6 Å². The van der Waals surface area contributed by atoms with Gasteiger partial charge < -0.3 is 20.4 Å². The summed E-state index contributed by atoms with van der Waals surface area (Å²) in [4.78, 5) is 53.9. The maximum absolute atomic E-state index is 14.5. The first kappa shape index (κ1) is 26.8. The molecule has 3 N–H and O–H groups in total. The van der Waals surface area contributed by atoms with Crippen LogP contribution in [0.25, 0.3) is 16.7 Å². The molecule has 0 bridgehead atoms. The second-order valence-electron chi connectivity index (χ2n) is 10.2. The van der Waals surface area contributed by atoms with E-state index in [0.717, 1.165) is 16.3 Å². The fraction of sp³-hybridized carbons (Fsp3) is 0.333. The van der Waals surface area contributed by atoms with Gasteiger partial charge in [-0.25, -0.2) is 18.7 Å². The Balaban J connectivity index is 1.32. The lowest BCUT2D eigenvalue weighted by Gasteiger charge is -2.32. The molecule has 0 aliphatic heterocycles. The highest BCUT2D eigenvalue weighted by atomic mass is 19.1. The second kappa shape index (κ2) is 10.4. The smallest absolute Gasteiger partial charge is 0.408 e. The zero-order valence-electron chi connectivity index (χ0n) is 22.2. The van der Waals surface area contributed by atoms with E-state index in [9.17, 15) is 23.6 Å². The molecule has 13 heteroatoms. The van der Waals surface area contributed by atoms with Crippen molar-refractivity contribution in [2.75, 3.05) is 13.6 Å². The van der Waals surface area contributed by atoms with Crippen LogP contribution in [0.5, 0.6) is 0 Å². The summed E-state index contributed by atoms with van der Waals surface area (Å²) >= 11 is 0. The molecule has 40 heavy (non-hydrogen) atoms. The molecule has 1 aliphatic carbocycles. The number of hydrogen-bond donors (Lipinski definition) is 3. The molecule has 0 saturated carbocycles. The van der Waals surface area contributed by atoms with Gasteiger partial charge in [0.1, 0.15) is 11.4 Å². The van der Waals surface area contributed by atoms with Gasteiger partial charge in [0.2, 0.25) is 5.91 Å². The summed E-state index contributed by atoms with van der Waals surface area (Å²) < 4.78 is 22.0. The number of nitrogens with zero attached hydrogens (tertiary/aromatic N) is 4. The van der Waals surface area contributed by atoms with Crippen LogP contribution < -0.4 is 21.7 Å². The number of hydrogen-bond acceptors (Lipinski definition) is 7. The van der Waals surface area contributed by atoms with Crippen molar-refractivity contribution in [1.82, 2.24) is 35.1 Å². The first-order valence-electron chi connectivity index (χ1n) is 12.7. The third kappa shape index (κ3) is 5.09. The van der Waals surface area contributed by atoms with Gasteiger partial charge in [0.05, 0.1) is 11.7 Å². The molecular weight excluding hydrogens is 521 g/mol. The molecular formula is C27H28FN7O5. The molecule has 1 aliphatic rings. The van der Waals surface area contributed by atoms with Crippen LogP contribution in [0.4, 0.5) is 4.39 Å². The number of allylic oxidation sites excluding steroid dienone is 1. The van der Waals surface area contributed by atoms with Crippen LogP contribution in [0.1, 0.15) is 52.7 Å². The third-order valence-corrected chi connectivity index (χ3v) is 7.24. The molecule has 0 saturated heterocycles. The number of oxazole rings is 1. The summed E-state index contributed by atoms with van der Waals surface area (Å²) in [5.41, 5.74) is 1.67. The fourth-order valence-corrected chi connectivity index (χ4v) is 4.69. The Morgan fingerprint density at radius 1 is 1.15 bits per heavy atom. The molecule has 5 rings (SSSR count). The summed E-state index contributed by atoms with van der Waals surface area (Å²) in [6.45, 7) is 2.41. The van der Waals surface area contributed by atoms with E-state index in [-0.39, 0.29) is 34.9 Å². The summed E-state index contributed by atoms with van der Waals surface area (Å²) in [6.07, 6.45) is 4.70. The first-order valence-corrected chi connectivity index (χ1v) is 12.7. The number of likely N-dealkylation sites (N-methyl/N-ethyl adjacent to an activating group) is 1. The largest absolute Gasteiger partial charge is 0.419 e. The maximum Gasteiger partial charge on any atom is 0.419 e. The Hall–Kier alpha value is -4.81. The molecule has 0 fully saturated rings. The number of rotatable bonds is 7. The van der Waals surface area contributed by atoms with Gasteiger partial charge in [-0.2, -0.15) is 5.10 Å². The lowest BCUT2D eigenvalue weighted by atomic mass is 9.76. The van der Waals surface area contributed by atoms with Gasteiger partial charge in [0, 0.05) is 38.8 Å². The van der Waals surface area contributed by atoms with E-state index >= 15 is 0 Å². The van der Waals surface area contributed by atoms with Crippen LogP contribution in [0.3, 0.4) is 0 Å². The van der Waals surface area contributed by atoms with Gasteiger partial charge >= 0.3 is 5.76 Å². The Bertz CT molecular complexity index is 1750. The number of nitrogens with one attached hydrogen (secondary N) is 3. The van der Waals surface area contributed by atoms with E-state index in [2.05, 4.69) is 26.0 Å². The zero-order valence-corrected chi connectivity index (χ0v) is 22.2. The molecule has 3 amide bonds. The van der Waals surface area contributed by atoms with Gasteiger partial charge in [-0.1, -0.05) is 19.1 Å². The molecule has 3 aromatic heterocycles. The van der Waals surface area contributed by atoms with Crippen LogP contribution in [0.15, 0.2) is 51.3 Å². The molecule has 1 aromatic carbocycles. The number of aromatic nitrogens is 4. The van der Waals surface area contributed by atoms with Crippen LogP contribution >= 0.6 is 0 Å². The molecule has 208 valence electrons. The Labute approximate surface area is 227 Å². The van der Waals surface area contributed by atoms with E-state index < -0.39 is 23.4 Å². The minimum absolute atomic E-state index is 0.0464. The molecule has 0 radical (unpaired) electrons. The molecule has 1 atom stereocenters. The Morgan fingerprint density at radius 3 is 2.67 bits per heavy atom. The van der Waals surface area contributed by atoms with Crippen molar-refractivity contribution in [3.63, 3.8) is 0 Å². The summed E-state index contributed by atoms with van der Waals surface area (Å²) in [5, 5.41) is 12.1. The van der Waals surface area contributed by atoms with E-state index in [4.69, 9.17) is 4.42 Å². The summed E-state index contributed by atoms with van der Waals surface area (Å²) in [5.74, 6) is -2.54. The fourth-order valence-electron chi connectivity index (χ4n) is 4.69. The van der Waals surface area contributed by atoms with Crippen molar-refractivity contribution < 1.29 is 23.2 Å². The highest BCUT2D eigenvalue weighted by Gasteiger charge is 2.30. The van der Waals surface area contributed by atoms with Crippen LogP contribution in [0, 0.1) is 11.2 Å². The quantitative estimate of drug-likeness (QED) is 0.318. The highest BCUT2D eigenvalue weighted by Crippen LogP contribution is 2.34. The SMILES string of the molecule is CNC(=O)C1=CCC(C)(CNC(=O)c2cc(C(=O)NCc3ccc4oc(=O)n(C)c4c3)nc3c(F)cnn23)CC1. The average molecular weight is 550 g/mol. The van der Waals surface area contributed by atoms with E-state index in [1.54, 1.807) is 32.3 Å². The average Bonchev–Trinajstić information content (AvgIpc) is 3.47. The number of amides is 3. The Kier molecular flexibility index (Phi) is 6.96.